The van der Waals surface area contributed by atoms with Gasteiger partial charge in [0.1, 0.15) is 11.0 Å². The Bertz CT molecular complexity index is 1600. The highest BCUT2D eigenvalue weighted by Gasteiger charge is 2.42. The van der Waals surface area contributed by atoms with E-state index in [0.29, 0.717) is 18.5 Å². The van der Waals surface area contributed by atoms with Crippen molar-refractivity contribution in [3.63, 3.8) is 0 Å². The summed E-state index contributed by atoms with van der Waals surface area (Å²) in [4.78, 5) is 21.8. The average molecular weight is 562 g/mol. The molecule has 0 saturated heterocycles. The summed E-state index contributed by atoms with van der Waals surface area (Å²) in [5, 5.41) is 18.7. The summed E-state index contributed by atoms with van der Waals surface area (Å²) in [6.07, 6.45) is -0.409. The summed E-state index contributed by atoms with van der Waals surface area (Å²) in [6.45, 7) is 1.04. The number of nitrogens with zero attached hydrogens (tertiary/aromatic N) is 5. The van der Waals surface area contributed by atoms with Gasteiger partial charge >= 0.3 is 6.18 Å². The van der Waals surface area contributed by atoms with Crippen molar-refractivity contribution in [2.75, 3.05) is 18.7 Å². The fraction of sp³-hybridized carbons (Fsp3) is 0.333. The Hall–Kier alpha value is -4.32. The second kappa shape index (κ2) is 10.1. The molecule has 11 nitrogen and oxygen atoms in total. The van der Waals surface area contributed by atoms with Gasteiger partial charge < -0.3 is 14.8 Å². The molecule has 1 fully saturated rings. The molecule has 2 aromatic heterocycles. The molecule has 1 aliphatic carbocycles. The van der Waals surface area contributed by atoms with Crippen LogP contribution < -0.4 is 14.8 Å². The summed E-state index contributed by atoms with van der Waals surface area (Å²) in [5.41, 5.74) is -2.93. The molecular formula is C24H22F3N7O4S. The van der Waals surface area contributed by atoms with Gasteiger partial charge in [-0.25, -0.2) is 19.0 Å². The zero-order valence-corrected chi connectivity index (χ0v) is 21.7. The Kier molecular flexibility index (Phi) is 7.17. The lowest BCUT2D eigenvalue weighted by Gasteiger charge is -2.34. The number of nitrogens with one attached hydrogen (secondary N) is 2. The third-order valence-electron chi connectivity index (χ3n) is 6.23. The van der Waals surface area contributed by atoms with E-state index in [9.17, 15) is 27.4 Å². The van der Waals surface area contributed by atoms with Gasteiger partial charge in [0, 0.05) is 16.8 Å². The van der Waals surface area contributed by atoms with Gasteiger partial charge in [-0.2, -0.15) is 18.4 Å². The number of halogens is 3. The molecule has 1 saturated carbocycles. The number of carbonyl (C=O) groups is 1. The quantitative estimate of drug-likeness (QED) is 0.418. The predicted octanol–water partition coefficient (Wildman–Crippen LogP) is 4.63. The molecule has 39 heavy (non-hydrogen) atoms. The number of nitriles is 1. The fourth-order valence-electron chi connectivity index (χ4n) is 3.96. The van der Waals surface area contributed by atoms with E-state index < -0.39 is 49.9 Å². The van der Waals surface area contributed by atoms with Crippen LogP contribution in [0.2, 0.25) is 0 Å². The first-order valence-electron chi connectivity index (χ1n) is 11.4. The molecule has 15 heteroatoms. The van der Waals surface area contributed by atoms with E-state index in [1.165, 1.54) is 43.8 Å². The minimum absolute atomic E-state index is 0.0825. The molecule has 1 amide bonds. The number of rotatable bonds is 7. The van der Waals surface area contributed by atoms with Crippen LogP contribution in [0.25, 0.3) is 0 Å². The van der Waals surface area contributed by atoms with Gasteiger partial charge in [-0.1, -0.05) is 6.07 Å². The van der Waals surface area contributed by atoms with Crippen molar-refractivity contribution in [3.8, 4) is 23.7 Å². The lowest BCUT2D eigenvalue weighted by atomic mass is 9.68. The first-order valence-corrected chi connectivity index (χ1v) is 13.4. The number of aromatic nitrogens is 4. The molecular weight excluding hydrogens is 539 g/mol. The Balaban J connectivity index is 1.76. The summed E-state index contributed by atoms with van der Waals surface area (Å²) >= 11 is 0. The van der Waals surface area contributed by atoms with Crippen LogP contribution in [-0.4, -0.2) is 43.6 Å². The Morgan fingerprint density at radius 3 is 2.51 bits per heavy atom. The highest BCUT2D eigenvalue weighted by atomic mass is 32.2. The van der Waals surface area contributed by atoms with Gasteiger partial charge in [0.15, 0.2) is 5.69 Å². The number of ether oxygens (including phenoxy) is 2. The van der Waals surface area contributed by atoms with E-state index in [1.807, 2.05) is 0 Å². The van der Waals surface area contributed by atoms with Gasteiger partial charge in [0.2, 0.25) is 0 Å². The van der Waals surface area contributed by atoms with E-state index in [-0.39, 0.29) is 22.3 Å². The molecule has 2 N–H and O–H groups in total. The number of anilines is 1. The van der Waals surface area contributed by atoms with Gasteiger partial charge in [-0.3, -0.25) is 4.79 Å². The van der Waals surface area contributed by atoms with Crippen molar-refractivity contribution < 1.29 is 31.6 Å². The van der Waals surface area contributed by atoms with Crippen LogP contribution in [0.1, 0.15) is 46.6 Å². The Morgan fingerprint density at radius 2 is 1.95 bits per heavy atom. The lowest BCUT2D eigenvalue weighted by molar-refractivity contribution is -0.142. The van der Waals surface area contributed by atoms with Crippen LogP contribution in [0.4, 0.5) is 18.9 Å². The first kappa shape index (κ1) is 27.7. The summed E-state index contributed by atoms with van der Waals surface area (Å²) < 4.78 is 71.5. The van der Waals surface area contributed by atoms with Crippen molar-refractivity contribution in [2.45, 2.75) is 42.7 Å². The third kappa shape index (κ3) is 5.46. The van der Waals surface area contributed by atoms with Crippen LogP contribution in [0.15, 0.2) is 35.4 Å². The third-order valence-corrected chi connectivity index (χ3v) is 7.38. The lowest BCUT2D eigenvalue weighted by Crippen LogP contribution is -2.33. The topological polar surface area (TPSA) is 164 Å². The number of carbonyl (C=O) groups excluding carboxylic acids is 1. The SMILES string of the molecule is COc1nc(C2(C#N)CCC2)cnc1Oc1nnc(C(F)(F)F)c(C)c1C(=O)Nc1cccc(S(C)(=N)=O)c1. The summed E-state index contributed by atoms with van der Waals surface area (Å²) in [5.74, 6) is -2.11. The van der Waals surface area contributed by atoms with Crippen molar-refractivity contribution >= 4 is 21.3 Å². The minimum Gasteiger partial charge on any atom is -0.477 e. The molecule has 0 spiro atoms. The van der Waals surface area contributed by atoms with E-state index in [4.69, 9.17) is 14.3 Å². The zero-order valence-electron chi connectivity index (χ0n) is 20.9. The smallest absolute Gasteiger partial charge is 0.435 e. The van der Waals surface area contributed by atoms with Gasteiger partial charge in [-0.05, 0) is 49.9 Å². The molecule has 0 aliphatic heterocycles. The van der Waals surface area contributed by atoms with Gasteiger partial charge in [0.05, 0.1) is 34.8 Å². The molecule has 3 aromatic rings. The average Bonchev–Trinajstić information content (AvgIpc) is 2.83. The van der Waals surface area contributed by atoms with Crippen LogP contribution in [0, 0.1) is 23.0 Å². The van der Waals surface area contributed by atoms with Crippen LogP contribution in [0.5, 0.6) is 17.6 Å². The maximum atomic E-state index is 13.6. The zero-order chi connectivity index (χ0) is 28.6. The van der Waals surface area contributed by atoms with Crippen molar-refractivity contribution in [2.24, 2.45) is 0 Å². The predicted molar refractivity (Wildman–Crippen MR) is 131 cm³/mol. The number of benzene rings is 1. The molecule has 1 atom stereocenters. The van der Waals surface area contributed by atoms with Gasteiger partial charge in [-0.15, -0.1) is 10.2 Å². The van der Waals surface area contributed by atoms with E-state index >= 15 is 0 Å². The summed E-state index contributed by atoms with van der Waals surface area (Å²) in [7, 11) is -1.86. The van der Waals surface area contributed by atoms with Crippen molar-refractivity contribution in [1.82, 2.24) is 20.2 Å². The Labute approximate surface area is 221 Å². The molecule has 2 heterocycles. The number of alkyl halides is 3. The van der Waals surface area contributed by atoms with Crippen molar-refractivity contribution in [1.29, 1.82) is 10.0 Å². The van der Waals surface area contributed by atoms with Gasteiger partial charge in [0.25, 0.3) is 23.5 Å². The maximum Gasteiger partial charge on any atom is 0.435 e. The highest BCUT2D eigenvalue weighted by Crippen LogP contribution is 2.43. The molecule has 1 aromatic carbocycles. The molecule has 0 radical (unpaired) electrons. The largest absolute Gasteiger partial charge is 0.477 e. The second-order valence-corrected chi connectivity index (χ2v) is 11.1. The minimum atomic E-state index is -4.92. The highest BCUT2D eigenvalue weighted by molar-refractivity contribution is 7.91. The number of methoxy groups -OCH3 is 1. The van der Waals surface area contributed by atoms with Crippen LogP contribution >= 0.6 is 0 Å². The van der Waals surface area contributed by atoms with E-state index in [2.05, 4.69) is 31.6 Å². The number of hydrogen-bond donors (Lipinski definition) is 2. The standard InChI is InChI=1S/C24H22F3N7O4S/c1-13-17(19(35)31-14-6-4-7-15(10-14)39(3,29)36)20(34-33-18(13)24(25,26)27)38-21-22(37-2)32-16(11-30-21)23(12-28)8-5-9-23/h4,6-7,10-11,29H,5,8-9H2,1-3H3,(H,31,35). The van der Waals surface area contributed by atoms with E-state index in [0.717, 1.165) is 13.3 Å². The number of amides is 1. The van der Waals surface area contributed by atoms with E-state index in [1.54, 1.807) is 0 Å². The molecule has 1 aliphatic rings. The van der Waals surface area contributed by atoms with Crippen molar-refractivity contribution in [3.05, 3.63) is 53.0 Å². The first-order chi connectivity index (χ1) is 18.3. The molecule has 1 unspecified atom stereocenters. The normalized spacial score (nSPS) is 15.8. The van der Waals surface area contributed by atoms with Crippen LogP contribution in [-0.2, 0) is 21.3 Å². The second-order valence-electron chi connectivity index (χ2n) is 8.90. The fourth-order valence-corrected chi connectivity index (χ4v) is 4.65. The van der Waals surface area contributed by atoms with Crippen LogP contribution in [0.3, 0.4) is 0 Å². The summed E-state index contributed by atoms with van der Waals surface area (Å²) in [6, 6.07) is 7.79. The molecule has 0 bridgehead atoms. The monoisotopic (exact) mass is 561 g/mol. The maximum absolute atomic E-state index is 13.6. The Morgan fingerprint density at radius 1 is 1.23 bits per heavy atom. The number of hydrogen-bond acceptors (Lipinski definition) is 10. The molecule has 204 valence electrons. The molecule has 4 rings (SSSR count).